The Morgan fingerprint density at radius 1 is 0.767 bits per heavy atom. The van der Waals surface area contributed by atoms with Crippen LogP contribution in [0.25, 0.3) is 54.3 Å². The molecule has 0 N–H and O–H groups in total. The van der Waals surface area contributed by atoms with E-state index in [0.717, 1.165) is 34.2 Å². The Morgan fingerprint density at radius 2 is 1.57 bits per heavy atom. The zero-order chi connectivity index (χ0) is 19.8. The highest BCUT2D eigenvalue weighted by Gasteiger charge is 2.20. The molecule has 6 aromatic rings. The number of fused-ring (bicyclic) bond motifs is 4. The van der Waals surface area contributed by atoms with Crippen molar-refractivity contribution in [2.24, 2.45) is 9.98 Å². The lowest BCUT2D eigenvalue weighted by atomic mass is 9.92. The van der Waals surface area contributed by atoms with Crippen molar-refractivity contribution in [3.63, 3.8) is 0 Å². The van der Waals surface area contributed by atoms with Crippen LogP contribution in [-0.2, 0) is 0 Å². The van der Waals surface area contributed by atoms with E-state index in [2.05, 4.69) is 83.6 Å². The molecule has 0 saturated carbocycles. The Balaban J connectivity index is 1.58. The first kappa shape index (κ1) is 16.1. The fourth-order valence-electron chi connectivity index (χ4n) is 5.13. The summed E-state index contributed by atoms with van der Waals surface area (Å²) in [6, 6.07) is 24.2. The first-order valence-corrected chi connectivity index (χ1v) is 10.4. The zero-order valence-electron chi connectivity index (χ0n) is 16.5. The lowest BCUT2D eigenvalue weighted by Gasteiger charge is -2.11. The van der Waals surface area contributed by atoms with E-state index in [9.17, 15) is 0 Å². The summed E-state index contributed by atoms with van der Waals surface area (Å²) < 4.78 is 6.38. The molecule has 1 atom stereocenters. The van der Waals surface area contributed by atoms with Crippen molar-refractivity contribution in [1.82, 2.24) is 0 Å². The number of hydrogen-bond acceptors (Lipinski definition) is 3. The fraction of sp³-hybridized carbons (Fsp3) is 0.111. The van der Waals surface area contributed by atoms with Crippen molar-refractivity contribution < 1.29 is 4.42 Å². The third-order valence-corrected chi connectivity index (χ3v) is 6.52. The first-order chi connectivity index (χ1) is 14.8. The van der Waals surface area contributed by atoms with E-state index in [4.69, 9.17) is 4.42 Å². The van der Waals surface area contributed by atoms with Crippen LogP contribution in [0.15, 0.2) is 81.1 Å². The Morgan fingerprint density at radius 3 is 2.43 bits per heavy atom. The molecule has 1 aliphatic rings. The van der Waals surface area contributed by atoms with Gasteiger partial charge in [-0.3, -0.25) is 4.99 Å². The van der Waals surface area contributed by atoms with Gasteiger partial charge >= 0.3 is 0 Å². The van der Waals surface area contributed by atoms with Crippen LogP contribution in [0, 0.1) is 0 Å². The van der Waals surface area contributed by atoms with Crippen LogP contribution in [0.3, 0.4) is 0 Å². The quantitative estimate of drug-likeness (QED) is 0.293. The van der Waals surface area contributed by atoms with Crippen LogP contribution < -0.4 is 0 Å². The van der Waals surface area contributed by atoms with Gasteiger partial charge in [0, 0.05) is 16.3 Å². The number of nitrogens with zero attached hydrogens (tertiary/aromatic N) is 2. The molecule has 3 heteroatoms. The van der Waals surface area contributed by atoms with Gasteiger partial charge in [0.1, 0.15) is 17.5 Å². The van der Waals surface area contributed by atoms with Crippen LogP contribution in [0.2, 0.25) is 0 Å². The Kier molecular flexibility index (Phi) is 3.04. The molecule has 2 heterocycles. The summed E-state index contributed by atoms with van der Waals surface area (Å²) in [4.78, 5) is 8.98. The highest BCUT2D eigenvalue weighted by atomic mass is 16.3. The normalized spacial score (nSPS) is 16.7. The highest BCUT2D eigenvalue weighted by molar-refractivity contribution is 6.32. The van der Waals surface area contributed by atoms with Gasteiger partial charge < -0.3 is 4.42 Å². The van der Waals surface area contributed by atoms with Crippen molar-refractivity contribution in [2.75, 3.05) is 0 Å². The molecule has 7 rings (SSSR count). The molecule has 0 bridgehead atoms. The second-order valence-electron chi connectivity index (χ2n) is 8.12. The number of hydrogen-bond donors (Lipinski definition) is 0. The topological polar surface area (TPSA) is 37.9 Å². The van der Waals surface area contributed by atoms with Gasteiger partial charge in [-0.2, -0.15) is 0 Å². The largest absolute Gasteiger partial charge is 0.456 e. The zero-order valence-corrected chi connectivity index (χ0v) is 16.5. The standard InChI is InChI=1S/C27H18N2O/c1-2-21-27(29-14-28-21)18-9-10-19-22(13-18)30-23-12-17-7-6-15-4-3-5-16-8-11-20(26(19)23)25(17)24(15)16/h3-14,21H,2H2,1H3. The van der Waals surface area contributed by atoms with Gasteiger partial charge in [0.25, 0.3) is 0 Å². The average molecular weight is 386 g/mol. The van der Waals surface area contributed by atoms with Crippen LogP contribution in [-0.4, -0.2) is 18.1 Å². The average Bonchev–Trinajstić information content (AvgIpc) is 3.40. The minimum Gasteiger partial charge on any atom is -0.456 e. The summed E-state index contributed by atoms with van der Waals surface area (Å²) in [5, 5.41) is 10.0. The SMILES string of the molecule is CCC1N=CN=C1c1ccc2c(c1)oc1cc3ccc4cccc5ccc(c12)c3c45. The van der Waals surface area contributed by atoms with E-state index in [-0.39, 0.29) is 6.04 Å². The number of benzene rings is 5. The van der Waals surface area contributed by atoms with Crippen LogP contribution in [0.5, 0.6) is 0 Å². The third-order valence-electron chi connectivity index (χ3n) is 6.52. The molecule has 1 aliphatic heterocycles. The van der Waals surface area contributed by atoms with Gasteiger partial charge in [0.15, 0.2) is 0 Å². The highest BCUT2D eigenvalue weighted by Crippen LogP contribution is 2.42. The summed E-state index contributed by atoms with van der Waals surface area (Å²) in [5.41, 5.74) is 3.96. The van der Waals surface area contributed by atoms with E-state index in [0.29, 0.717) is 0 Å². The van der Waals surface area contributed by atoms with Crippen molar-refractivity contribution in [3.8, 4) is 0 Å². The molecule has 3 nitrogen and oxygen atoms in total. The van der Waals surface area contributed by atoms with Crippen molar-refractivity contribution >= 4 is 66.3 Å². The molecule has 1 aromatic heterocycles. The van der Waals surface area contributed by atoms with Crippen LogP contribution in [0.4, 0.5) is 0 Å². The predicted octanol–water partition coefficient (Wildman–Crippen LogP) is 7.09. The molecule has 5 aromatic carbocycles. The molecule has 0 fully saturated rings. The second-order valence-corrected chi connectivity index (χ2v) is 8.12. The summed E-state index contributed by atoms with van der Waals surface area (Å²) in [6.07, 6.45) is 2.62. The van der Waals surface area contributed by atoms with Gasteiger partial charge in [-0.25, -0.2) is 4.99 Å². The molecule has 0 saturated heterocycles. The van der Waals surface area contributed by atoms with Crippen molar-refractivity contribution in [2.45, 2.75) is 19.4 Å². The fourth-order valence-corrected chi connectivity index (χ4v) is 5.13. The molecular formula is C27H18N2O. The molecule has 1 unspecified atom stereocenters. The lowest BCUT2D eigenvalue weighted by molar-refractivity contribution is 0.669. The smallest absolute Gasteiger partial charge is 0.136 e. The number of rotatable bonds is 2. The monoisotopic (exact) mass is 386 g/mol. The molecule has 0 aliphatic carbocycles. The van der Waals surface area contributed by atoms with Crippen LogP contribution in [0.1, 0.15) is 18.9 Å². The summed E-state index contributed by atoms with van der Waals surface area (Å²) in [5.74, 6) is 0. The number of aliphatic imine (C=N–C) groups is 2. The maximum absolute atomic E-state index is 6.38. The Labute approximate surface area is 172 Å². The maximum Gasteiger partial charge on any atom is 0.136 e. The van der Waals surface area contributed by atoms with E-state index in [1.165, 1.54) is 37.7 Å². The minimum atomic E-state index is 0.142. The van der Waals surface area contributed by atoms with E-state index in [1.54, 1.807) is 6.34 Å². The van der Waals surface area contributed by atoms with Gasteiger partial charge in [-0.15, -0.1) is 0 Å². The van der Waals surface area contributed by atoms with Gasteiger partial charge in [-0.05, 0) is 56.9 Å². The maximum atomic E-state index is 6.38. The van der Waals surface area contributed by atoms with Crippen molar-refractivity contribution in [3.05, 3.63) is 72.3 Å². The third kappa shape index (κ3) is 1.99. The molecular weight excluding hydrogens is 368 g/mol. The van der Waals surface area contributed by atoms with Crippen LogP contribution >= 0.6 is 0 Å². The summed E-state index contributed by atoms with van der Waals surface area (Å²) in [6.45, 7) is 2.14. The van der Waals surface area contributed by atoms with Gasteiger partial charge in [0.05, 0.1) is 11.8 Å². The molecule has 0 amide bonds. The Hall–Kier alpha value is -3.72. The first-order valence-electron chi connectivity index (χ1n) is 10.4. The minimum absolute atomic E-state index is 0.142. The molecule has 30 heavy (non-hydrogen) atoms. The van der Waals surface area contributed by atoms with E-state index >= 15 is 0 Å². The lowest BCUT2D eigenvalue weighted by Crippen LogP contribution is -2.15. The Bertz CT molecular complexity index is 1670. The predicted molar refractivity (Wildman–Crippen MR) is 127 cm³/mol. The summed E-state index contributed by atoms with van der Waals surface area (Å²) >= 11 is 0. The molecule has 142 valence electrons. The number of furan rings is 1. The van der Waals surface area contributed by atoms with Gasteiger partial charge in [0.2, 0.25) is 0 Å². The second kappa shape index (κ2) is 5.67. The van der Waals surface area contributed by atoms with Gasteiger partial charge in [-0.1, -0.05) is 55.5 Å². The van der Waals surface area contributed by atoms with Crippen molar-refractivity contribution in [1.29, 1.82) is 0 Å². The molecule has 0 radical (unpaired) electrons. The van der Waals surface area contributed by atoms with E-state index < -0.39 is 0 Å². The molecule has 0 spiro atoms. The van der Waals surface area contributed by atoms with E-state index in [1.807, 2.05) is 0 Å². The summed E-state index contributed by atoms with van der Waals surface area (Å²) in [7, 11) is 0.